The molecule has 0 bridgehead atoms. The minimum absolute atomic E-state index is 0. The molecule has 0 aromatic heterocycles. The van der Waals surface area contributed by atoms with Gasteiger partial charge in [0.05, 0.1) is 0 Å². The van der Waals surface area contributed by atoms with Gasteiger partial charge in [-0.25, -0.2) is 0 Å². The standard InChI is InChI=1S/C11H14O.ClH/c1-11(2)8-7-9-5-3-4-6-10(9)12-11;/h3-6H,7-8H2,1-2H3;1H. The average Bonchev–Trinajstić information content (AvgIpc) is 2.02. The minimum atomic E-state index is 0. The number of fused-ring (bicyclic) bond motifs is 1. The normalized spacial score (nSPS) is 18.0. The quantitative estimate of drug-likeness (QED) is 0.622. The molecule has 0 saturated heterocycles. The van der Waals surface area contributed by atoms with Crippen LogP contribution in [0.1, 0.15) is 25.8 Å². The Bertz CT molecular complexity index is 294. The van der Waals surface area contributed by atoms with Crippen LogP contribution in [0.15, 0.2) is 24.3 Å². The lowest BCUT2D eigenvalue weighted by molar-refractivity contribution is 0.0847. The lowest BCUT2D eigenvalue weighted by Gasteiger charge is -2.32. The molecule has 0 unspecified atom stereocenters. The lowest BCUT2D eigenvalue weighted by atomic mass is 9.94. The molecule has 72 valence electrons. The molecule has 13 heavy (non-hydrogen) atoms. The molecule has 1 aromatic rings. The topological polar surface area (TPSA) is 9.23 Å². The van der Waals surface area contributed by atoms with Crippen molar-refractivity contribution in [1.82, 2.24) is 0 Å². The van der Waals surface area contributed by atoms with Crippen molar-refractivity contribution in [1.29, 1.82) is 0 Å². The van der Waals surface area contributed by atoms with Crippen molar-refractivity contribution in [2.75, 3.05) is 0 Å². The summed E-state index contributed by atoms with van der Waals surface area (Å²) in [6, 6.07) is 8.29. The van der Waals surface area contributed by atoms with Crippen molar-refractivity contribution >= 4 is 12.4 Å². The number of benzene rings is 1. The van der Waals surface area contributed by atoms with Crippen molar-refractivity contribution in [2.45, 2.75) is 32.3 Å². The Kier molecular flexibility index (Phi) is 2.87. The molecule has 1 aromatic carbocycles. The first-order chi connectivity index (χ1) is 5.67. The molecule has 0 spiro atoms. The minimum Gasteiger partial charge on any atom is -0.488 e. The molecule has 1 nitrogen and oxygen atoms in total. The molecule has 0 atom stereocenters. The second kappa shape index (κ2) is 3.59. The van der Waals surface area contributed by atoms with Gasteiger partial charge < -0.3 is 4.74 Å². The summed E-state index contributed by atoms with van der Waals surface area (Å²) in [5, 5.41) is 0. The zero-order valence-corrected chi connectivity index (χ0v) is 8.86. The Morgan fingerprint density at radius 3 is 2.69 bits per heavy atom. The molecule has 1 aliphatic rings. The maximum Gasteiger partial charge on any atom is 0.123 e. The average molecular weight is 199 g/mol. The van der Waals surface area contributed by atoms with E-state index in [1.165, 1.54) is 5.56 Å². The number of rotatable bonds is 0. The second-order valence-electron chi connectivity index (χ2n) is 3.97. The van der Waals surface area contributed by atoms with Gasteiger partial charge in [0.25, 0.3) is 0 Å². The monoisotopic (exact) mass is 198 g/mol. The summed E-state index contributed by atoms with van der Waals surface area (Å²) in [6.07, 6.45) is 2.26. The fraction of sp³-hybridized carbons (Fsp3) is 0.455. The summed E-state index contributed by atoms with van der Waals surface area (Å²) in [6.45, 7) is 4.28. The van der Waals surface area contributed by atoms with Crippen LogP contribution in [-0.4, -0.2) is 5.60 Å². The molecule has 0 radical (unpaired) electrons. The van der Waals surface area contributed by atoms with E-state index in [4.69, 9.17) is 4.74 Å². The van der Waals surface area contributed by atoms with Gasteiger partial charge in [0.2, 0.25) is 0 Å². The van der Waals surface area contributed by atoms with Crippen molar-refractivity contribution in [2.24, 2.45) is 0 Å². The van der Waals surface area contributed by atoms with Crippen molar-refractivity contribution in [3.63, 3.8) is 0 Å². The zero-order valence-electron chi connectivity index (χ0n) is 8.04. The Morgan fingerprint density at radius 2 is 1.92 bits per heavy atom. The Balaban J connectivity index is 0.000000845. The van der Waals surface area contributed by atoms with E-state index in [2.05, 4.69) is 32.0 Å². The molecule has 0 saturated carbocycles. The molecular formula is C11H15ClO. The Labute approximate surface area is 85.5 Å². The maximum atomic E-state index is 5.82. The van der Waals surface area contributed by atoms with Crippen molar-refractivity contribution < 1.29 is 4.74 Å². The van der Waals surface area contributed by atoms with E-state index in [0.717, 1.165) is 18.6 Å². The second-order valence-corrected chi connectivity index (χ2v) is 3.97. The van der Waals surface area contributed by atoms with Gasteiger partial charge in [0.15, 0.2) is 0 Å². The van der Waals surface area contributed by atoms with Crippen LogP contribution >= 0.6 is 12.4 Å². The number of ether oxygens (including phenoxy) is 1. The third-order valence-electron chi connectivity index (χ3n) is 2.36. The summed E-state index contributed by atoms with van der Waals surface area (Å²) in [5.41, 5.74) is 1.37. The van der Waals surface area contributed by atoms with Gasteiger partial charge in [-0.05, 0) is 38.3 Å². The highest BCUT2D eigenvalue weighted by Gasteiger charge is 2.25. The van der Waals surface area contributed by atoms with Gasteiger partial charge in [-0.15, -0.1) is 12.4 Å². The van der Waals surface area contributed by atoms with E-state index in [1.807, 2.05) is 6.07 Å². The zero-order chi connectivity index (χ0) is 8.60. The molecule has 2 rings (SSSR count). The smallest absolute Gasteiger partial charge is 0.123 e. The van der Waals surface area contributed by atoms with Crippen LogP contribution in [0.4, 0.5) is 0 Å². The van der Waals surface area contributed by atoms with Crippen molar-refractivity contribution in [3.05, 3.63) is 29.8 Å². The number of hydrogen-bond acceptors (Lipinski definition) is 1. The van der Waals surface area contributed by atoms with E-state index >= 15 is 0 Å². The largest absolute Gasteiger partial charge is 0.488 e. The molecule has 1 heterocycles. The van der Waals surface area contributed by atoms with Gasteiger partial charge in [-0.3, -0.25) is 0 Å². The van der Waals surface area contributed by atoms with E-state index in [9.17, 15) is 0 Å². The highest BCUT2D eigenvalue weighted by molar-refractivity contribution is 5.85. The van der Waals surface area contributed by atoms with Gasteiger partial charge in [0.1, 0.15) is 11.4 Å². The van der Waals surface area contributed by atoms with Gasteiger partial charge >= 0.3 is 0 Å². The van der Waals surface area contributed by atoms with Gasteiger partial charge in [-0.2, -0.15) is 0 Å². The van der Waals surface area contributed by atoms with Crippen LogP contribution in [0.5, 0.6) is 5.75 Å². The van der Waals surface area contributed by atoms with Crippen LogP contribution in [0.25, 0.3) is 0 Å². The number of hydrogen-bond donors (Lipinski definition) is 0. The number of halogens is 1. The van der Waals surface area contributed by atoms with Crippen LogP contribution in [0.2, 0.25) is 0 Å². The number of aryl methyl sites for hydroxylation is 1. The lowest BCUT2D eigenvalue weighted by Crippen LogP contribution is -2.32. The summed E-state index contributed by atoms with van der Waals surface area (Å²) in [7, 11) is 0. The first-order valence-electron chi connectivity index (χ1n) is 4.44. The fourth-order valence-corrected chi connectivity index (χ4v) is 1.59. The third-order valence-corrected chi connectivity index (χ3v) is 2.36. The summed E-state index contributed by atoms with van der Waals surface area (Å²) >= 11 is 0. The predicted octanol–water partition coefficient (Wildman–Crippen LogP) is 3.21. The first kappa shape index (κ1) is 10.4. The molecule has 0 amide bonds. The highest BCUT2D eigenvalue weighted by atomic mass is 35.5. The van der Waals surface area contributed by atoms with Crippen LogP contribution in [-0.2, 0) is 6.42 Å². The molecule has 0 aliphatic carbocycles. The SMILES string of the molecule is CC1(C)CCc2ccccc2O1.Cl. The van der Waals surface area contributed by atoms with E-state index in [-0.39, 0.29) is 18.0 Å². The van der Waals surface area contributed by atoms with Crippen LogP contribution < -0.4 is 4.74 Å². The summed E-state index contributed by atoms with van der Waals surface area (Å²) < 4.78 is 5.82. The Morgan fingerprint density at radius 1 is 1.23 bits per heavy atom. The first-order valence-corrected chi connectivity index (χ1v) is 4.44. The highest BCUT2D eigenvalue weighted by Crippen LogP contribution is 2.32. The Hall–Kier alpha value is -0.690. The summed E-state index contributed by atoms with van der Waals surface area (Å²) in [5.74, 6) is 1.06. The third kappa shape index (κ3) is 2.16. The van der Waals surface area contributed by atoms with Crippen molar-refractivity contribution in [3.8, 4) is 5.75 Å². The van der Waals surface area contributed by atoms with Crippen LogP contribution in [0.3, 0.4) is 0 Å². The maximum absolute atomic E-state index is 5.82. The predicted molar refractivity (Wildman–Crippen MR) is 56.7 cm³/mol. The van der Waals surface area contributed by atoms with Gasteiger partial charge in [0, 0.05) is 0 Å². The van der Waals surface area contributed by atoms with Gasteiger partial charge in [-0.1, -0.05) is 18.2 Å². The summed E-state index contributed by atoms with van der Waals surface area (Å²) in [4.78, 5) is 0. The number of para-hydroxylation sites is 1. The molecule has 0 N–H and O–H groups in total. The molecule has 1 aliphatic heterocycles. The van der Waals surface area contributed by atoms with E-state index in [1.54, 1.807) is 0 Å². The fourth-order valence-electron chi connectivity index (χ4n) is 1.59. The van der Waals surface area contributed by atoms with E-state index in [0.29, 0.717) is 0 Å². The van der Waals surface area contributed by atoms with E-state index < -0.39 is 0 Å². The molecule has 2 heteroatoms. The molecular weight excluding hydrogens is 184 g/mol. The van der Waals surface area contributed by atoms with Crippen LogP contribution in [0, 0.1) is 0 Å². The molecule has 0 fully saturated rings.